The largest absolute Gasteiger partial charge is 0.481 e. The predicted molar refractivity (Wildman–Crippen MR) is 74.0 cm³/mol. The Kier molecular flexibility index (Phi) is 5.81. The minimum Gasteiger partial charge on any atom is -0.481 e. The fourth-order valence-electron chi connectivity index (χ4n) is 2.52. The van der Waals surface area contributed by atoms with Crippen LogP contribution >= 0.6 is 0 Å². The van der Waals surface area contributed by atoms with Gasteiger partial charge in [-0.05, 0) is 32.1 Å². The van der Waals surface area contributed by atoms with Gasteiger partial charge in [-0.2, -0.15) is 5.26 Å². The Labute approximate surface area is 119 Å². The van der Waals surface area contributed by atoms with Gasteiger partial charge in [0.15, 0.2) is 0 Å². The van der Waals surface area contributed by atoms with Crippen molar-refractivity contribution >= 4 is 12.0 Å². The van der Waals surface area contributed by atoms with Crippen LogP contribution in [-0.4, -0.2) is 41.6 Å². The summed E-state index contributed by atoms with van der Waals surface area (Å²) in [5.74, 6) is -1.03. The summed E-state index contributed by atoms with van der Waals surface area (Å²) in [4.78, 5) is 24.5. The van der Waals surface area contributed by atoms with Crippen LogP contribution in [0.25, 0.3) is 0 Å². The van der Waals surface area contributed by atoms with Gasteiger partial charge in [-0.3, -0.25) is 4.79 Å². The molecule has 0 spiro atoms. The van der Waals surface area contributed by atoms with E-state index < -0.39 is 5.97 Å². The fraction of sp³-hybridized carbons (Fsp3) is 0.786. The number of hydrogen-bond donors (Lipinski definition) is 2. The van der Waals surface area contributed by atoms with Gasteiger partial charge in [-0.1, -0.05) is 6.42 Å². The third-order valence-electron chi connectivity index (χ3n) is 3.94. The van der Waals surface area contributed by atoms with Crippen molar-refractivity contribution in [1.82, 2.24) is 10.2 Å². The van der Waals surface area contributed by atoms with E-state index in [-0.39, 0.29) is 23.8 Å². The third-order valence-corrected chi connectivity index (χ3v) is 3.94. The Balaban J connectivity index is 2.48. The standard InChI is InChI=1S/C14H23N3O3/c1-3-17(9-11(2)8-15)13(20)16-10-14(5-4-6-14)7-12(18)19/h11H,3-7,9-10H2,1-2H3,(H,16,20)(H,18,19). The molecule has 6 heteroatoms. The van der Waals surface area contributed by atoms with Gasteiger partial charge in [0.1, 0.15) is 0 Å². The van der Waals surface area contributed by atoms with E-state index in [9.17, 15) is 9.59 Å². The Bertz CT molecular complexity index is 399. The number of hydrogen-bond acceptors (Lipinski definition) is 3. The van der Waals surface area contributed by atoms with Crippen LogP contribution in [0.4, 0.5) is 4.79 Å². The Hall–Kier alpha value is -1.77. The van der Waals surface area contributed by atoms with Crippen LogP contribution in [0.5, 0.6) is 0 Å². The van der Waals surface area contributed by atoms with Gasteiger partial charge in [0, 0.05) is 19.6 Å². The number of nitriles is 1. The molecule has 1 rings (SSSR count). The number of amides is 2. The van der Waals surface area contributed by atoms with Crippen molar-refractivity contribution in [2.75, 3.05) is 19.6 Å². The van der Waals surface area contributed by atoms with Crippen LogP contribution in [0, 0.1) is 22.7 Å². The first-order valence-corrected chi connectivity index (χ1v) is 7.06. The normalized spacial score (nSPS) is 17.4. The number of carboxylic acids is 1. The number of carbonyl (C=O) groups is 2. The van der Waals surface area contributed by atoms with Crippen LogP contribution < -0.4 is 5.32 Å². The summed E-state index contributed by atoms with van der Waals surface area (Å²) in [5.41, 5.74) is -0.276. The van der Waals surface area contributed by atoms with Crippen LogP contribution in [0.1, 0.15) is 39.5 Å². The van der Waals surface area contributed by atoms with E-state index in [4.69, 9.17) is 10.4 Å². The molecule has 0 aliphatic heterocycles. The molecule has 2 N–H and O–H groups in total. The highest BCUT2D eigenvalue weighted by Crippen LogP contribution is 2.43. The van der Waals surface area contributed by atoms with Gasteiger partial charge >= 0.3 is 12.0 Å². The Morgan fingerprint density at radius 2 is 2.15 bits per heavy atom. The number of rotatable bonds is 7. The molecule has 1 aliphatic carbocycles. The summed E-state index contributed by atoms with van der Waals surface area (Å²) in [5, 5.41) is 20.5. The fourth-order valence-corrected chi connectivity index (χ4v) is 2.52. The maximum atomic E-state index is 12.1. The molecule has 0 radical (unpaired) electrons. The van der Waals surface area contributed by atoms with Crippen molar-refractivity contribution in [2.45, 2.75) is 39.5 Å². The zero-order valence-electron chi connectivity index (χ0n) is 12.2. The van der Waals surface area contributed by atoms with Gasteiger partial charge in [-0.15, -0.1) is 0 Å². The van der Waals surface area contributed by atoms with Crippen molar-refractivity contribution in [1.29, 1.82) is 5.26 Å². The van der Waals surface area contributed by atoms with E-state index in [1.807, 2.05) is 6.92 Å². The second-order valence-electron chi connectivity index (χ2n) is 5.65. The van der Waals surface area contributed by atoms with Crippen molar-refractivity contribution < 1.29 is 14.7 Å². The van der Waals surface area contributed by atoms with E-state index >= 15 is 0 Å². The second-order valence-corrected chi connectivity index (χ2v) is 5.65. The van der Waals surface area contributed by atoms with Crippen LogP contribution in [0.15, 0.2) is 0 Å². The average molecular weight is 281 g/mol. The number of carbonyl (C=O) groups excluding carboxylic acids is 1. The predicted octanol–water partition coefficient (Wildman–Crippen LogP) is 1.82. The summed E-state index contributed by atoms with van der Waals surface area (Å²) in [6.45, 7) is 4.96. The maximum absolute atomic E-state index is 12.1. The van der Waals surface area contributed by atoms with Gasteiger partial charge in [0.2, 0.25) is 0 Å². The summed E-state index contributed by atoms with van der Waals surface area (Å²) in [6, 6.07) is 1.89. The monoisotopic (exact) mass is 281 g/mol. The first-order valence-electron chi connectivity index (χ1n) is 7.06. The van der Waals surface area contributed by atoms with Crippen molar-refractivity contribution in [3.63, 3.8) is 0 Å². The molecule has 2 amide bonds. The molecule has 1 atom stereocenters. The molecule has 0 heterocycles. The van der Waals surface area contributed by atoms with Gasteiger partial charge in [0.25, 0.3) is 0 Å². The van der Waals surface area contributed by atoms with Gasteiger partial charge < -0.3 is 15.3 Å². The molecule has 1 fully saturated rings. The summed E-state index contributed by atoms with van der Waals surface area (Å²) < 4.78 is 0. The Morgan fingerprint density at radius 1 is 1.50 bits per heavy atom. The number of nitrogens with zero attached hydrogens (tertiary/aromatic N) is 2. The van der Waals surface area contributed by atoms with Gasteiger partial charge in [0.05, 0.1) is 18.4 Å². The summed E-state index contributed by atoms with van der Waals surface area (Å²) in [7, 11) is 0. The van der Waals surface area contributed by atoms with E-state index in [1.54, 1.807) is 11.8 Å². The van der Waals surface area contributed by atoms with Crippen LogP contribution in [0.2, 0.25) is 0 Å². The van der Waals surface area contributed by atoms with E-state index in [0.717, 1.165) is 19.3 Å². The minimum atomic E-state index is -0.815. The molecule has 1 saturated carbocycles. The smallest absolute Gasteiger partial charge is 0.317 e. The van der Waals surface area contributed by atoms with E-state index in [2.05, 4.69) is 11.4 Å². The average Bonchev–Trinajstić information content (AvgIpc) is 2.37. The third kappa shape index (κ3) is 4.41. The minimum absolute atomic E-state index is 0.105. The maximum Gasteiger partial charge on any atom is 0.317 e. The van der Waals surface area contributed by atoms with Crippen molar-refractivity contribution in [3.8, 4) is 6.07 Å². The first-order chi connectivity index (χ1) is 9.42. The molecular formula is C14H23N3O3. The number of carboxylic acid groups (broad SMARTS) is 1. The molecular weight excluding hydrogens is 258 g/mol. The highest BCUT2D eigenvalue weighted by molar-refractivity contribution is 5.74. The highest BCUT2D eigenvalue weighted by atomic mass is 16.4. The molecule has 0 aromatic heterocycles. The topological polar surface area (TPSA) is 93.4 Å². The molecule has 20 heavy (non-hydrogen) atoms. The summed E-state index contributed by atoms with van der Waals surface area (Å²) in [6.07, 6.45) is 2.82. The van der Waals surface area contributed by atoms with Crippen molar-refractivity contribution in [3.05, 3.63) is 0 Å². The highest BCUT2D eigenvalue weighted by Gasteiger charge is 2.39. The molecule has 0 saturated heterocycles. The lowest BCUT2D eigenvalue weighted by molar-refractivity contribution is -0.141. The molecule has 0 bridgehead atoms. The Morgan fingerprint density at radius 3 is 2.55 bits per heavy atom. The summed E-state index contributed by atoms with van der Waals surface area (Å²) >= 11 is 0. The first kappa shape index (κ1) is 16.3. The molecule has 1 aliphatic rings. The molecule has 1 unspecified atom stereocenters. The number of aliphatic carboxylic acids is 1. The second kappa shape index (κ2) is 7.13. The van der Waals surface area contributed by atoms with Crippen molar-refractivity contribution in [2.24, 2.45) is 11.3 Å². The molecule has 0 aromatic carbocycles. The number of urea groups is 1. The zero-order valence-corrected chi connectivity index (χ0v) is 12.2. The van der Waals surface area contributed by atoms with Crippen LogP contribution in [-0.2, 0) is 4.79 Å². The molecule has 6 nitrogen and oxygen atoms in total. The molecule has 0 aromatic rings. The number of nitrogens with one attached hydrogen (secondary N) is 1. The van der Waals surface area contributed by atoms with E-state index in [0.29, 0.717) is 19.6 Å². The van der Waals surface area contributed by atoms with Gasteiger partial charge in [-0.25, -0.2) is 4.79 Å². The zero-order chi connectivity index (χ0) is 15.2. The lowest BCUT2D eigenvalue weighted by atomic mass is 9.66. The lowest BCUT2D eigenvalue weighted by Gasteiger charge is -2.41. The lowest BCUT2D eigenvalue weighted by Crippen LogP contribution is -2.48. The van der Waals surface area contributed by atoms with E-state index in [1.165, 1.54) is 0 Å². The SMILES string of the molecule is CCN(CC(C)C#N)C(=O)NCC1(CC(=O)O)CCC1. The van der Waals surface area contributed by atoms with Crippen LogP contribution in [0.3, 0.4) is 0 Å². The quantitative estimate of drug-likeness (QED) is 0.744. The molecule has 112 valence electrons.